The van der Waals surface area contributed by atoms with E-state index in [1.165, 1.54) is 0 Å². The molecule has 7 nitrogen and oxygen atoms in total. The lowest BCUT2D eigenvalue weighted by atomic mass is 9.93. The van der Waals surface area contributed by atoms with Crippen LogP contribution in [-0.4, -0.2) is 39.8 Å². The van der Waals surface area contributed by atoms with Crippen LogP contribution in [0.2, 0.25) is 0 Å². The van der Waals surface area contributed by atoms with E-state index in [9.17, 15) is 9.59 Å². The monoisotopic (exact) mass is 339 g/mol. The Morgan fingerprint density at radius 1 is 1.08 bits per heavy atom. The van der Waals surface area contributed by atoms with Crippen LogP contribution in [0.25, 0.3) is 0 Å². The van der Waals surface area contributed by atoms with Crippen molar-refractivity contribution in [3.05, 3.63) is 54.4 Å². The number of hydrogen-bond donors (Lipinski definition) is 2. The number of nitrogens with two attached hydrogens (primary N) is 1. The molecule has 0 radical (unpaired) electrons. The molecule has 1 saturated heterocycles. The first-order valence-corrected chi connectivity index (χ1v) is 8.31. The van der Waals surface area contributed by atoms with Gasteiger partial charge in [0.25, 0.3) is 0 Å². The predicted octanol–water partition coefficient (Wildman–Crippen LogP) is 1.35. The molecule has 0 bridgehead atoms. The fourth-order valence-electron chi connectivity index (χ4n) is 3.19. The average Bonchev–Trinajstić information content (AvgIpc) is 2.64. The maximum absolute atomic E-state index is 12.3. The fourth-order valence-corrected chi connectivity index (χ4v) is 3.19. The highest BCUT2D eigenvalue weighted by molar-refractivity contribution is 5.91. The van der Waals surface area contributed by atoms with Crippen LogP contribution in [0.15, 0.2) is 48.8 Å². The van der Waals surface area contributed by atoms with Gasteiger partial charge in [-0.2, -0.15) is 0 Å². The van der Waals surface area contributed by atoms with Gasteiger partial charge in [0, 0.05) is 18.3 Å². The number of nitrogens with one attached hydrogen (secondary N) is 1. The highest BCUT2D eigenvalue weighted by Gasteiger charge is 2.32. The van der Waals surface area contributed by atoms with Gasteiger partial charge in [0.1, 0.15) is 6.04 Å². The van der Waals surface area contributed by atoms with Crippen molar-refractivity contribution in [3.63, 3.8) is 0 Å². The summed E-state index contributed by atoms with van der Waals surface area (Å²) in [5.74, 6) is -0.258. The Kier molecular flexibility index (Phi) is 5.35. The van der Waals surface area contributed by atoms with Gasteiger partial charge in [0.05, 0.1) is 0 Å². The fraction of sp³-hybridized carbons (Fsp3) is 0.333. The van der Waals surface area contributed by atoms with Gasteiger partial charge in [-0.1, -0.05) is 30.3 Å². The molecule has 1 aromatic carbocycles. The molecule has 1 unspecified atom stereocenters. The molecule has 2 aromatic rings. The summed E-state index contributed by atoms with van der Waals surface area (Å²) >= 11 is 0. The van der Waals surface area contributed by atoms with Crippen molar-refractivity contribution in [2.24, 2.45) is 11.7 Å². The van der Waals surface area contributed by atoms with Gasteiger partial charge >= 0.3 is 0 Å². The van der Waals surface area contributed by atoms with Crippen molar-refractivity contribution in [3.8, 4) is 0 Å². The Morgan fingerprint density at radius 3 is 2.32 bits per heavy atom. The van der Waals surface area contributed by atoms with Crippen LogP contribution in [-0.2, 0) is 9.59 Å². The van der Waals surface area contributed by atoms with E-state index in [1.54, 1.807) is 18.5 Å². The van der Waals surface area contributed by atoms with Crippen LogP contribution in [0.1, 0.15) is 24.4 Å². The number of piperidine rings is 1. The van der Waals surface area contributed by atoms with Crippen LogP contribution < -0.4 is 11.1 Å². The number of anilines is 1. The highest BCUT2D eigenvalue weighted by Crippen LogP contribution is 2.27. The standard InChI is InChI=1S/C18H21N5O2/c19-16(24)15(13-5-2-1-3-6-13)23-11-7-14(8-12-23)17(25)22-18-20-9-4-10-21-18/h1-6,9-10,14-15H,7-8,11-12H2,(H2,19,24)(H,20,21,22,25). The molecule has 1 fully saturated rings. The van der Waals surface area contributed by atoms with Crippen LogP contribution in [0.3, 0.4) is 0 Å². The van der Waals surface area contributed by atoms with Crippen molar-refractivity contribution < 1.29 is 9.59 Å². The third kappa shape index (κ3) is 4.19. The number of carbonyl (C=O) groups is 2. The van der Waals surface area contributed by atoms with E-state index >= 15 is 0 Å². The molecule has 1 aliphatic heterocycles. The molecule has 0 spiro atoms. The molecule has 3 rings (SSSR count). The topological polar surface area (TPSA) is 101 Å². The molecule has 2 heterocycles. The zero-order valence-electron chi connectivity index (χ0n) is 13.8. The average molecular weight is 339 g/mol. The van der Waals surface area contributed by atoms with E-state index in [0.717, 1.165) is 5.56 Å². The van der Waals surface area contributed by atoms with Gasteiger partial charge in [0.2, 0.25) is 17.8 Å². The van der Waals surface area contributed by atoms with E-state index in [4.69, 9.17) is 5.73 Å². The second-order valence-electron chi connectivity index (χ2n) is 6.09. The second kappa shape index (κ2) is 7.85. The van der Waals surface area contributed by atoms with Crippen molar-refractivity contribution in [2.45, 2.75) is 18.9 Å². The Hall–Kier alpha value is -2.80. The first-order chi connectivity index (χ1) is 12.1. The number of benzene rings is 1. The Labute approximate surface area is 146 Å². The van der Waals surface area contributed by atoms with Crippen LogP contribution in [0, 0.1) is 5.92 Å². The molecular weight excluding hydrogens is 318 g/mol. The van der Waals surface area contributed by atoms with Gasteiger partial charge in [-0.15, -0.1) is 0 Å². The summed E-state index contributed by atoms with van der Waals surface area (Å²) in [7, 11) is 0. The number of primary amides is 1. The normalized spacial score (nSPS) is 17.0. The van der Waals surface area contributed by atoms with Gasteiger partial charge in [-0.3, -0.25) is 19.8 Å². The SMILES string of the molecule is NC(=O)C(c1ccccc1)N1CCC(C(=O)Nc2ncccn2)CC1. The highest BCUT2D eigenvalue weighted by atomic mass is 16.2. The summed E-state index contributed by atoms with van der Waals surface area (Å²) in [5, 5.41) is 2.74. The summed E-state index contributed by atoms with van der Waals surface area (Å²) in [5.41, 5.74) is 6.50. The molecular formula is C18H21N5O2. The summed E-state index contributed by atoms with van der Waals surface area (Å²) in [6.45, 7) is 1.27. The quantitative estimate of drug-likeness (QED) is 0.856. The zero-order valence-corrected chi connectivity index (χ0v) is 13.8. The summed E-state index contributed by atoms with van der Waals surface area (Å²) in [4.78, 5) is 34.3. The molecule has 0 saturated carbocycles. The minimum atomic E-state index is -0.456. The molecule has 1 atom stereocenters. The maximum atomic E-state index is 12.3. The number of aromatic nitrogens is 2. The Balaban J connectivity index is 1.60. The minimum Gasteiger partial charge on any atom is -0.368 e. The Morgan fingerprint density at radius 2 is 1.72 bits per heavy atom. The zero-order chi connectivity index (χ0) is 17.6. The van der Waals surface area contributed by atoms with E-state index in [2.05, 4.69) is 15.3 Å². The Bertz CT molecular complexity index is 715. The lowest BCUT2D eigenvalue weighted by molar-refractivity contribution is -0.125. The first-order valence-electron chi connectivity index (χ1n) is 8.31. The molecule has 25 heavy (non-hydrogen) atoms. The van der Waals surface area contributed by atoms with E-state index in [1.807, 2.05) is 35.2 Å². The van der Waals surface area contributed by atoms with E-state index < -0.39 is 6.04 Å². The van der Waals surface area contributed by atoms with Crippen LogP contribution in [0.5, 0.6) is 0 Å². The molecule has 7 heteroatoms. The predicted molar refractivity (Wildman–Crippen MR) is 93.3 cm³/mol. The molecule has 1 aliphatic rings. The van der Waals surface area contributed by atoms with Gasteiger partial charge in [-0.25, -0.2) is 9.97 Å². The summed E-state index contributed by atoms with van der Waals surface area (Å²) in [6.07, 6.45) is 4.50. The van der Waals surface area contributed by atoms with Crippen LogP contribution in [0.4, 0.5) is 5.95 Å². The third-order valence-corrected chi connectivity index (χ3v) is 4.45. The number of nitrogens with zero attached hydrogens (tertiary/aromatic N) is 3. The largest absolute Gasteiger partial charge is 0.368 e. The van der Waals surface area contributed by atoms with Gasteiger partial charge in [0.15, 0.2) is 0 Å². The van der Waals surface area contributed by atoms with Crippen molar-refractivity contribution in [1.82, 2.24) is 14.9 Å². The summed E-state index contributed by atoms with van der Waals surface area (Å²) < 4.78 is 0. The maximum Gasteiger partial charge on any atom is 0.239 e. The number of amides is 2. The first kappa shape index (κ1) is 17.0. The third-order valence-electron chi connectivity index (χ3n) is 4.45. The number of rotatable bonds is 5. The molecule has 0 aliphatic carbocycles. The molecule has 1 aromatic heterocycles. The number of carbonyl (C=O) groups excluding carboxylic acids is 2. The second-order valence-corrected chi connectivity index (χ2v) is 6.09. The van der Waals surface area contributed by atoms with Crippen molar-refractivity contribution >= 4 is 17.8 Å². The lowest BCUT2D eigenvalue weighted by Crippen LogP contribution is -2.44. The lowest BCUT2D eigenvalue weighted by Gasteiger charge is -2.35. The van der Waals surface area contributed by atoms with E-state index in [-0.39, 0.29) is 17.7 Å². The molecule has 2 amide bonds. The van der Waals surface area contributed by atoms with Gasteiger partial charge in [-0.05, 0) is 37.6 Å². The van der Waals surface area contributed by atoms with Crippen LogP contribution >= 0.6 is 0 Å². The van der Waals surface area contributed by atoms with Gasteiger partial charge < -0.3 is 5.73 Å². The molecule has 130 valence electrons. The van der Waals surface area contributed by atoms with Crippen molar-refractivity contribution in [1.29, 1.82) is 0 Å². The summed E-state index contributed by atoms with van der Waals surface area (Å²) in [6, 6.07) is 10.7. The van der Waals surface area contributed by atoms with E-state index in [0.29, 0.717) is 31.9 Å². The number of hydrogen-bond acceptors (Lipinski definition) is 5. The van der Waals surface area contributed by atoms with Crippen molar-refractivity contribution in [2.75, 3.05) is 18.4 Å². The number of likely N-dealkylation sites (tertiary alicyclic amines) is 1. The minimum absolute atomic E-state index is 0.0822. The smallest absolute Gasteiger partial charge is 0.239 e. The molecule has 3 N–H and O–H groups in total.